The molecule has 0 radical (unpaired) electrons. The normalized spacial score (nSPS) is 12.5. The standard InChI is InChI=1S/C16H23F2NO3/c1-3-19(10-8-16(21)22-4-2)9-7-15(20)12-5-6-13(17)14(18)11-12/h5-6,11,15,20H,3-4,7-10H2,1-2H3. The quantitative estimate of drug-likeness (QED) is 0.712. The lowest BCUT2D eigenvalue weighted by Crippen LogP contribution is -2.28. The van der Waals surface area contributed by atoms with Crippen molar-refractivity contribution in [2.24, 2.45) is 0 Å². The minimum absolute atomic E-state index is 0.248. The third kappa shape index (κ3) is 6.07. The van der Waals surface area contributed by atoms with E-state index in [9.17, 15) is 18.7 Å². The third-order valence-corrected chi connectivity index (χ3v) is 3.43. The highest BCUT2D eigenvalue weighted by Gasteiger charge is 2.13. The predicted molar refractivity (Wildman–Crippen MR) is 79.3 cm³/mol. The van der Waals surface area contributed by atoms with Crippen LogP contribution in [0.15, 0.2) is 18.2 Å². The van der Waals surface area contributed by atoms with Crippen LogP contribution in [-0.4, -0.2) is 42.2 Å². The molecule has 0 bridgehead atoms. The smallest absolute Gasteiger partial charge is 0.307 e. The van der Waals surface area contributed by atoms with Crippen molar-refractivity contribution in [1.82, 2.24) is 4.90 Å². The number of carbonyl (C=O) groups is 1. The van der Waals surface area contributed by atoms with Crippen molar-refractivity contribution in [2.45, 2.75) is 32.8 Å². The molecule has 0 aliphatic rings. The Labute approximate surface area is 129 Å². The lowest BCUT2D eigenvalue weighted by Gasteiger charge is -2.21. The molecule has 0 saturated carbocycles. The Morgan fingerprint density at radius 3 is 2.59 bits per heavy atom. The second-order valence-corrected chi connectivity index (χ2v) is 4.97. The maximum atomic E-state index is 13.1. The van der Waals surface area contributed by atoms with Gasteiger partial charge >= 0.3 is 5.97 Å². The highest BCUT2D eigenvalue weighted by atomic mass is 19.2. The van der Waals surface area contributed by atoms with Crippen LogP contribution in [0.3, 0.4) is 0 Å². The van der Waals surface area contributed by atoms with Crippen LogP contribution < -0.4 is 0 Å². The van der Waals surface area contributed by atoms with Crippen molar-refractivity contribution in [3.05, 3.63) is 35.4 Å². The van der Waals surface area contributed by atoms with E-state index in [1.807, 2.05) is 11.8 Å². The number of rotatable bonds is 9. The van der Waals surface area contributed by atoms with Gasteiger partial charge in [-0.05, 0) is 37.6 Å². The average Bonchev–Trinajstić information content (AvgIpc) is 2.50. The second-order valence-electron chi connectivity index (χ2n) is 4.97. The summed E-state index contributed by atoms with van der Waals surface area (Å²) in [6.07, 6.45) is -0.197. The second kappa shape index (κ2) is 9.48. The van der Waals surface area contributed by atoms with Crippen LogP contribution in [0.2, 0.25) is 0 Å². The van der Waals surface area contributed by atoms with Gasteiger partial charge in [0.05, 0.1) is 19.1 Å². The summed E-state index contributed by atoms with van der Waals surface area (Å²) in [7, 11) is 0. The van der Waals surface area contributed by atoms with Gasteiger partial charge in [0.25, 0.3) is 0 Å². The Hall–Kier alpha value is -1.53. The summed E-state index contributed by atoms with van der Waals surface area (Å²) < 4.78 is 30.9. The van der Waals surface area contributed by atoms with Crippen molar-refractivity contribution in [3.63, 3.8) is 0 Å². The van der Waals surface area contributed by atoms with Crippen LogP contribution in [0.5, 0.6) is 0 Å². The number of hydrogen-bond donors (Lipinski definition) is 1. The molecule has 1 aromatic rings. The summed E-state index contributed by atoms with van der Waals surface area (Å²) in [5.41, 5.74) is 0.348. The Kier molecular flexibility index (Phi) is 7.98. The van der Waals surface area contributed by atoms with E-state index in [2.05, 4.69) is 0 Å². The number of aliphatic hydroxyl groups is 1. The first-order valence-electron chi connectivity index (χ1n) is 7.48. The molecule has 0 spiro atoms. The van der Waals surface area contributed by atoms with Crippen LogP contribution in [0.4, 0.5) is 8.78 Å². The number of aliphatic hydroxyl groups excluding tert-OH is 1. The van der Waals surface area contributed by atoms with Gasteiger partial charge in [-0.2, -0.15) is 0 Å². The molecule has 1 unspecified atom stereocenters. The molecule has 1 N–H and O–H groups in total. The van der Waals surface area contributed by atoms with Gasteiger partial charge in [0, 0.05) is 13.1 Å². The largest absolute Gasteiger partial charge is 0.466 e. The van der Waals surface area contributed by atoms with Crippen LogP contribution >= 0.6 is 0 Å². The molecule has 0 amide bonds. The Morgan fingerprint density at radius 1 is 1.27 bits per heavy atom. The third-order valence-electron chi connectivity index (χ3n) is 3.43. The maximum Gasteiger partial charge on any atom is 0.307 e. The van der Waals surface area contributed by atoms with E-state index in [0.29, 0.717) is 38.1 Å². The first-order valence-corrected chi connectivity index (χ1v) is 7.48. The molecule has 0 aliphatic heterocycles. The zero-order valence-electron chi connectivity index (χ0n) is 13.0. The number of hydrogen-bond acceptors (Lipinski definition) is 4. The fourth-order valence-corrected chi connectivity index (χ4v) is 2.10. The fourth-order valence-electron chi connectivity index (χ4n) is 2.10. The number of carbonyl (C=O) groups excluding carboxylic acids is 1. The first kappa shape index (κ1) is 18.5. The molecule has 0 fully saturated rings. The molecule has 1 atom stereocenters. The maximum absolute atomic E-state index is 13.1. The zero-order valence-corrected chi connectivity index (χ0v) is 13.0. The van der Waals surface area contributed by atoms with Crippen molar-refractivity contribution >= 4 is 5.97 Å². The topological polar surface area (TPSA) is 49.8 Å². The molecule has 0 saturated heterocycles. The number of halogens is 2. The molecule has 0 aromatic heterocycles. The van der Waals surface area contributed by atoms with Gasteiger partial charge < -0.3 is 14.7 Å². The number of benzene rings is 1. The molecular formula is C16H23F2NO3. The summed E-state index contributed by atoms with van der Waals surface area (Å²) in [4.78, 5) is 13.3. The van der Waals surface area contributed by atoms with Crippen LogP contribution in [0, 0.1) is 11.6 Å². The zero-order chi connectivity index (χ0) is 16.5. The number of nitrogens with zero attached hydrogens (tertiary/aromatic N) is 1. The summed E-state index contributed by atoms with van der Waals surface area (Å²) in [5.74, 6) is -2.14. The van der Waals surface area contributed by atoms with Gasteiger partial charge in [-0.1, -0.05) is 13.0 Å². The molecule has 0 aliphatic carbocycles. The SMILES string of the molecule is CCOC(=O)CCN(CC)CCC(O)c1ccc(F)c(F)c1. The average molecular weight is 315 g/mol. The fraction of sp³-hybridized carbons (Fsp3) is 0.562. The minimum Gasteiger partial charge on any atom is -0.466 e. The molecule has 1 aromatic carbocycles. The minimum atomic E-state index is -0.966. The van der Waals surface area contributed by atoms with E-state index < -0.39 is 17.7 Å². The van der Waals surface area contributed by atoms with Crippen molar-refractivity contribution in [1.29, 1.82) is 0 Å². The van der Waals surface area contributed by atoms with Crippen molar-refractivity contribution < 1.29 is 23.4 Å². The lowest BCUT2D eigenvalue weighted by molar-refractivity contribution is -0.143. The van der Waals surface area contributed by atoms with Crippen molar-refractivity contribution in [2.75, 3.05) is 26.2 Å². The van der Waals surface area contributed by atoms with E-state index in [-0.39, 0.29) is 5.97 Å². The molecule has 124 valence electrons. The van der Waals surface area contributed by atoms with E-state index >= 15 is 0 Å². The lowest BCUT2D eigenvalue weighted by atomic mass is 10.1. The molecule has 4 nitrogen and oxygen atoms in total. The molecule has 0 heterocycles. The van der Waals surface area contributed by atoms with E-state index in [0.717, 1.165) is 18.7 Å². The molecular weight excluding hydrogens is 292 g/mol. The Bertz CT molecular complexity index is 482. The monoisotopic (exact) mass is 315 g/mol. The highest BCUT2D eigenvalue weighted by Crippen LogP contribution is 2.19. The summed E-state index contributed by atoms with van der Waals surface area (Å²) in [5, 5.41) is 10.0. The van der Waals surface area contributed by atoms with Crippen LogP contribution in [0.25, 0.3) is 0 Å². The van der Waals surface area contributed by atoms with Gasteiger partial charge in [0.15, 0.2) is 11.6 Å². The number of ether oxygens (including phenoxy) is 1. The highest BCUT2D eigenvalue weighted by molar-refractivity contribution is 5.69. The summed E-state index contributed by atoms with van der Waals surface area (Å²) in [6, 6.07) is 3.39. The molecule has 1 rings (SSSR count). The van der Waals surface area contributed by atoms with Gasteiger partial charge in [0.2, 0.25) is 0 Å². The summed E-state index contributed by atoms with van der Waals surface area (Å²) >= 11 is 0. The summed E-state index contributed by atoms with van der Waals surface area (Å²) in [6.45, 7) is 5.89. The van der Waals surface area contributed by atoms with Gasteiger partial charge in [-0.15, -0.1) is 0 Å². The Morgan fingerprint density at radius 2 is 2.00 bits per heavy atom. The molecule has 6 heteroatoms. The first-order chi connectivity index (χ1) is 10.5. The van der Waals surface area contributed by atoms with E-state index in [4.69, 9.17) is 4.74 Å². The van der Waals surface area contributed by atoms with Gasteiger partial charge in [-0.3, -0.25) is 4.79 Å². The number of esters is 1. The van der Waals surface area contributed by atoms with Crippen LogP contribution in [-0.2, 0) is 9.53 Å². The van der Waals surface area contributed by atoms with Gasteiger partial charge in [0.1, 0.15) is 0 Å². The van der Waals surface area contributed by atoms with E-state index in [1.165, 1.54) is 6.07 Å². The Balaban J connectivity index is 2.44. The van der Waals surface area contributed by atoms with Crippen molar-refractivity contribution in [3.8, 4) is 0 Å². The van der Waals surface area contributed by atoms with Crippen LogP contribution in [0.1, 0.15) is 38.4 Å². The van der Waals surface area contributed by atoms with E-state index in [1.54, 1.807) is 6.92 Å². The predicted octanol–water partition coefficient (Wildman–Crippen LogP) is 2.66. The van der Waals surface area contributed by atoms with Gasteiger partial charge in [-0.25, -0.2) is 8.78 Å². The molecule has 22 heavy (non-hydrogen) atoms.